The summed E-state index contributed by atoms with van der Waals surface area (Å²) in [6.45, 7) is 0.507. The molecular formula is C24H24N4O3S. The smallest absolute Gasteiger partial charge is 0.226 e. The molecule has 32 heavy (non-hydrogen) atoms. The van der Waals surface area contributed by atoms with E-state index >= 15 is 0 Å². The minimum atomic E-state index is -0.110. The van der Waals surface area contributed by atoms with Crippen LogP contribution in [0.25, 0.3) is 20.7 Å². The van der Waals surface area contributed by atoms with Gasteiger partial charge < -0.3 is 19.7 Å². The first-order valence-electron chi connectivity index (χ1n) is 10.1. The summed E-state index contributed by atoms with van der Waals surface area (Å²) in [6, 6.07) is 17.6. The summed E-state index contributed by atoms with van der Waals surface area (Å²) in [5.74, 6) is 1.91. The molecule has 0 radical (unpaired) electrons. The van der Waals surface area contributed by atoms with Gasteiger partial charge in [-0.3, -0.25) is 4.79 Å². The summed E-state index contributed by atoms with van der Waals surface area (Å²) in [4.78, 5) is 25.5. The van der Waals surface area contributed by atoms with Crippen molar-refractivity contribution < 1.29 is 14.3 Å². The summed E-state index contributed by atoms with van der Waals surface area (Å²) in [5, 5.41) is 3.89. The number of amides is 1. The zero-order valence-corrected chi connectivity index (χ0v) is 19.0. The molecule has 2 aromatic carbocycles. The molecule has 8 heteroatoms. The number of methoxy groups -OCH3 is 2. The monoisotopic (exact) mass is 448 g/mol. The zero-order valence-electron chi connectivity index (χ0n) is 18.2. The topological polar surface area (TPSA) is 76.6 Å². The van der Waals surface area contributed by atoms with Gasteiger partial charge >= 0.3 is 0 Å². The van der Waals surface area contributed by atoms with Crippen molar-refractivity contribution in [1.29, 1.82) is 0 Å². The number of nitrogens with zero attached hydrogens (tertiary/aromatic N) is 3. The number of aromatic nitrogens is 2. The van der Waals surface area contributed by atoms with Crippen LogP contribution in [0.5, 0.6) is 11.5 Å². The van der Waals surface area contributed by atoms with Crippen LogP contribution >= 0.6 is 11.3 Å². The zero-order chi connectivity index (χ0) is 22.5. The molecule has 0 atom stereocenters. The second kappa shape index (κ2) is 9.65. The van der Waals surface area contributed by atoms with E-state index in [1.54, 1.807) is 50.1 Å². The van der Waals surface area contributed by atoms with Crippen molar-refractivity contribution in [3.8, 4) is 21.9 Å². The Kier molecular flexibility index (Phi) is 6.51. The van der Waals surface area contributed by atoms with Crippen LogP contribution in [0.4, 0.5) is 11.5 Å². The predicted molar refractivity (Wildman–Crippen MR) is 129 cm³/mol. The number of hydrogen-bond acceptors (Lipinski definition) is 7. The van der Waals surface area contributed by atoms with Crippen LogP contribution in [0.3, 0.4) is 0 Å². The van der Waals surface area contributed by atoms with Gasteiger partial charge in [0.15, 0.2) is 0 Å². The maximum absolute atomic E-state index is 12.6. The molecule has 4 rings (SSSR count). The van der Waals surface area contributed by atoms with E-state index in [0.717, 1.165) is 26.5 Å². The lowest BCUT2D eigenvalue weighted by Crippen LogP contribution is -2.25. The lowest BCUT2D eigenvalue weighted by Gasteiger charge is -2.18. The molecule has 0 fully saturated rings. The minimum Gasteiger partial charge on any atom is -0.497 e. The number of rotatable bonds is 8. The quantitative estimate of drug-likeness (QED) is 0.416. The second-order valence-electron chi connectivity index (χ2n) is 7.18. The predicted octanol–water partition coefficient (Wildman–Crippen LogP) is 4.84. The average Bonchev–Trinajstić information content (AvgIpc) is 3.28. The van der Waals surface area contributed by atoms with Crippen molar-refractivity contribution in [1.82, 2.24) is 9.97 Å². The van der Waals surface area contributed by atoms with E-state index in [2.05, 4.69) is 33.5 Å². The Balaban J connectivity index is 1.46. The molecule has 0 saturated carbocycles. The molecule has 4 aromatic rings. The Morgan fingerprint density at radius 1 is 1.06 bits per heavy atom. The standard InChI is InChI=1S/C24H24N4O3S/c1-28(12-11-22(29)27-19-10-9-17(30-2)13-20(19)31-3)23-18-14-21(16-7-5-4-6-8-16)32-24(18)26-15-25-23/h4-10,13-15H,11-12H2,1-3H3,(H,27,29). The van der Waals surface area contributed by atoms with E-state index in [1.165, 1.54) is 0 Å². The van der Waals surface area contributed by atoms with Crippen LogP contribution in [-0.4, -0.2) is 43.7 Å². The number of anilines is 2. The maximum atomic E-state index is 12.6. The highest BCUT2D eigenvalue weighted by molar-refractivity contribution is 7.21. The van der Waals surface area contributed by atoms with E-state index in [4.69, 9.17) is 9.47 Å². The van der Waals surface area contributed by atoms with Crippen LogP contribution in [0, 0.1) is 0 Å². The van der Waals surface area contributed by atoms with Crippen LogP contribution in [0.2, 0.25) is 0 Å². The summed E-state index contributed by atoms with van der Waals surface area (Å²) in [7, 11) is 5.08. The molecule has 0 bridgehead atoms. The molecule has 7 nitrogen and oxygen atoms in total. The molecule has 0 aliphatic carbocycles. The van der Waals surface area contributed by atoms with Gasteiger partial charge in [-0.1, -0.05) is 30.3 Å². The van der Waals surface area contributed by atoms with Gasteiger partial charge in [0.05, 0.1) is 25.3 Å². The normalized spacial score (nSPS) is 10.7. The molecule has 0 saturated heterocycles. The molecule has 1 amide bonds. The van der Waals surface area contributed by atoms with Gasteiger partial charge in [0.25, 0.3) is 0 Å². The Bertz CT molecular complexity index is 1230. The van der Waals surface area contributed by atoms with Gasteiger partial charge in [-0.25, -0.2) is 9.97 Å². The van der Waals surface area contributed by atoms with E-state index in [1.807, 2.05) is 30.1 Å². The van der Waals surface area contributed by atoms with E-state index in [-0.39, 0.29) is 5.91 Å². The molecule has 0 aliphatic heterocycles. The fourth-order valence-electron chi connectivity index (χ4n) is 3.38. The van der Waals surface area contributed by atoms with Crippen LogP contribution in [0.15, 0.2) is 60.9 Å². The Morgan fingerprint density at radius 2 is 1.88 bits per heavy atom. The van der Waals surface area contributed by atoms with Gasteiger partial charge in [0.1, 0.15) is 28.5 Å². The molecular weight excluding hydrogens is 424 g/mol. The van der Waals surface area contributed by atoms with Crippen molar-refractivity contribution in [3.63, 3.8) is 0 Å². The summed E-state index contributed by atoms with van der Waals surface area (Å²) in [6.07, 6.45) is 1.87. The van der Waals surface area contributed by atoms with E-state index < -0.39 is 0 Å². The number of hydrogen-bond donors (Lipinski definition) is 1. The fraction of sp³-hybridized carbons (Fsp3) is 0.208. The van der Waals surface area contributed by atoms with Crippen molar-refractivity contribution >= 4 is 39.0 Å². The first-order chi connectivity index (χ1) is 15.6. The van der Waals surface area contributed by atoms with E-state index in [0.29, 0.717) is 30.2 Å². The molecule has 2 aromatic heterocycles. The first-order valence-corrected chi connectivity index (χ1v) is 10.9. The van der Waals surface area contributed by atoms with Crippen molar-refractivity contribution in [2.45, 2.75) is 6.42 Å². The number of thiophene rings is 1. The Hall–Kier alpha value is -3.65. The number of nitrogens with one attached hydrogen (secondary N) is 1. The van der Waals surface area contributed by atoms with Crippen molar-refractivity contribution in [2.24, 2.45) is 0 Å². The lowest BCUT2D eigenvalue weighted by atomic mass is 10.2. The number of fused-ring (bicyclic) bond motifs is 1. The van der Waals surface area contributed by atoms with Crippen LogP contribution in [-0.2, 0) is 4.79 Å². The van der Waals surface area contributed by atoms with Crippen LogP contribution < -0.4 is 19.7 Å². The first kappa shape index (κ1) is 21.6. The molecule has 0 spiro atoms. The lowest BCUT2D eigenvalue weighted by molar-refractivity contribution is -0.116. The van der Waals surface area contributed by atoms with Gasteiger partial charge in [-0.2, -0.15) is 0 Å². The summed E-state index contributed by atoms with van der Waals surface area (Å²) < 4.78 is 10.5. The highest BCUT2D eigenvalue weighted by Crippen LogP contribution is 2.35. The minimum absolute atomic E-state index is 0.110. The number of ether oxygens (including phenoxy) is 2. The second-order valence-corrected chi connectivity index (χ2v) is 8.21. The Morgan fingerprint density at radius 3 is 2.62 bits per heavy atom. The maximum Gasteiger partial charge on any atom is 0.226 e. The fourth-order valence-corrected chi connectivity index (χ4v) is 4.38. The van der Waals surface area contributed by atoms with E-state index in [9.17, 15) is 4.79 Å². The third-order valence-corrected chi connectivity index (χ3v) is 6.18. The SMILES string of the molecule is COc1ccc(NC(=O)CCN(C)c2ncnc3sc(-c4ccccc4)cc23)c(OC)c1. The summed E-state index contributed by atoms with van der Waals surface area (Å²) >= 11 is 1.63. The number of carbonyl (C=O) groups excluding carboxylic acids is 1. The van der Waals surface area contributed by atoms with Gasteiger partial charge in [-0.15, -0.1) is 11.3 Å². The molecule has 164 valence electrons. The average molecular weight is 449 g/mol. The molecule has 0 unspecified atom stereocenters. The highest BCUT2D eigenvalue weighted by atomic mass is 32.1. The van der Waals surface area contributed by atoms with Gasteiger partial charge in [0, 0.05) is 31.0 Å². The number of carbonyl (C=O) groups is 1. The van der Waals surface area contributed by atoms with Gasteiger partial charge in [-0.05, 0) is 23.8 Å². The van der Waals surface area contributed by atoms with Crippen molar-refractivity contribution in [2.75, 3.05) is 38.0 Å². The van der Waals surface area contributed by atoms with Crippen molar-refractivity contribution in [3.05, 3.63) is 60.9 Å². The van der Waals surface area contributed by atoms with Gasteiger partial charge in [0.2, 0.25) is 5.91 Å². The Labute approximate surface area is 190 Å². The van der Waals surface area contributed by atoms with Crippen LogP contribution in [0.1, 0.15) is 6.42 Å². The summed E-state index contributed by atoms with van der Waals surface area (Å²) in [5.41, 5.74) is 1.76. The largest absolute Gasteiger partial charge is 0.497 e. The number of benzene rings is 2. The molecule has 0 aliphatic rings. The third-order valence-electron chi connectivity index (χ3n) is 5.09. The molecule has 1 N–H and O–H groups in total. The highest BCUT2D eigenvalue weighted by Gasteiger charge is 2.15. The third kappa shape index (κ3) is 4.65. The molecule has 2 heterocycles.